The van der Waals surface area contributed by atoms with E-state index in [4.69, 9.17) is 4.74 Å². The molecule has 0 saturated heterocycles. The summed E-state index contributed by atoms with van der Waals surface area (Å²) in [6, 6.07) is 18.4. The Labute approximate surface area is 173 Å². The Morgan fingerprint density at radius 2 is 1.70 bits per heavy atom. The summed E-state index contributed by atoms with van der Waals surface area (Å²) in [4.78, 5) is 36.6. The highest BCUT2D eigenvalue weighted by atomic mass is 16.5. The number of benzene rings is 2. The standard InChI is InChI=1S/C23H21N3O4/c1-16(2)26-14-6-9-20(22(26)28)21(27)25-24-15-17-10-12-19(13-11-17)30-23(29)18-7-4-3-5-8-18/h3-16H,1-2H3,(H,25,27)/b24-15-. The van der Waals surface area contributed by atoms with Gasteiger partial charge in [-0.05, 0) is 67.9 Å². The van der Waals surface area contributed by atoms with Crippen LogP contribution in [0.4, 0.5) is 0 Å². The van der Waals surface area contributed by atoms with Gasteiger partial charge in [0.25, 0.3) is 11.5 Å². The molecule has 0 saturated carbocycles. The number of rotatable bonds is 6. The van der Waals surface area contributed by atoms with E-state index >= 15 is 0 Å². The predicted octanol–water partition coefficient (Wildman–Crippen LogP) is 3.41. The van der Waals surface area contributed by atoms with Gasteiger partial charge in [-0.15, -0.1) is 0 Å². The number of hydrogen-bond acceptors (Lipinski definition) is 5. The van der Waals surface area contributed by atoms with Crippen LogP contribution < -0.4 is 15.7 Å². The minimum Gasteiger partial charge on any atom is -0.423 e. The van der Waals surface area contributed by atoms with Crippen molar-refractivity contribution in [1.29, 1.82) is 0 Å². The van der Waals surface area contributed by atoms with Crippen LogP contribution in [0.1, 0.15) is 46.2 Å². The maximum Gasteiger partial charge on any atom is 0.343 e. The van der Waals surface area contributed by atoms with E-state index in [0.29, 0.717) is 16.9 Å². The van der Waals surface area contributed by atoms with E-state index in [2.05, 4.69) is 10.5 Å². The van der Waals surface area contributed by atoms with Crippen molar-refractivity contribution in [3.05, 3.63) is 100.0 Å². The number of carbonyl (C=O) groups is 2. The fourth-order valence-corrected chi connectivity index (χ4v) is 2.68. The molecule has 3 aromatic rings. The van der Waals surface area contributed by atoms with Crippen molar-refractivity contribution in [2.45, 2.75) is 19.9 Å². The number of esters is 1. The summed E-state index contributed by atoms with van der Waals surface area (Å²) in [6.07, 6.45) is 3.07. The molecule has 0 fully saturated rings. The first-order valence-electron chi connectivity index (χ1n) is 9.37. The van der Waals surface area contributed by atoms with Crippen LogP contribution in [0.2, 0.25) is 0 Å². The number of hydrazone groups is 1. The summed E-state index contributed by atoms with van der Waals surface area (Å²) < 4.78 is 6.79. The first-order valence-corrected chi connectivity index (χ1v) is 9.37. The highest BCUT2D eigenvalue weighted by molar-refractivity contribution is 5.94. The molecule has 30 heavy (non-hydrogen) atoms. The van der Waals surface area contributed by atoms with Crippen LogP contribution in [-0.4, -0.2) is 22.7 Å². The molecule has 1 amide bonds. The van der Waals surface area contributed by atoms with E-state index in [0.717, 1.165) is 0 Å². The number of aromatic nitrogens is 1. The Morgan fingerprint density at radius 1 is 1.00 bits per heavy atom. The Kier molecular flexibility index (Phi) is 6.54. The first-order chi connectivity index (χ1) is 14.5. The molecule has 7 nitrogen and oxygen atoms in total. The molecule has 0 aliphatic carbocycles. The smallest absolute Gasteiger partial charge is 0.343 e. The van der Waals surface area contributed by atoms with Gasteiger partial charge in [-0.3, -0.25) is 9.59 Å². The molecule has 3 rings (SSSR count). The van der Waals surface area contributed by atoms with Gasteiger partial charge in [0.05, 0.1) is 11.8 Å². The van der Waals surface area contributed by atoms with E-state index in [1.54, 1.807) is 60.8 Å². The number of nitrogens with one attached hydrogen (secondary N) is 1. The Morgan fingerprint density at radius 3 is 2.37 bits per heavy atom. The maximum atomic E-state index is 12.3. The molecule has 0 unspecified atom stereocenters. The molecule has 1 aromatic heterocycles. The molecule has 0 aliphatic rings. The lowest BCUT2D eigenvalue weighted by molar-refractivity contribution is 0.0734. The van der Waals surface area contributed by atoms with Crippen LogP contribution in [0, 0.1) is 0 Å². The Hall–Kier alpha value is -4.00. The van der Waals surface area contributed by atoms with Crippen LogP contribution in [-0.2, 0) is 0 Å². The van der Waals surface area contributed by atoms with Gasteiger partial charge in [-0.1, -0.05) is 18.2 Å². The van der Waals surface area contributed by atoms with Gasteiger partial charge in [0, 0.05) is 12.2 Å². The summed E-state index contributed by atoms with van der Waals surface area (Å²) >= 11 is 0. The molecule has 1 N–H and O–H groups in total. The van der Waals surface area contributed by atoms with Crippen molar-refractivity contribution in [3.63, 3.8) is 0 Å². The summed E-state index contributed by atoms with van der Waals surface area (Å²) in [5.41, 5.74) is 3.15. The molecular weight excluding hydrogens is 382 g/mol. The zero-order chi connectivity index (χ0) is 21.5. The van der Waals surface area contributed by atoms with Crippen molar-refractivity contribution in [1.82, 2.24) is 9.99 Å². The van der Waals surface area contributed by atoms with Gasteiger partial charge < -0.3 is 9.30 Å². The zero-order valence-corrected chi connectivity index (χ0v) is 16.6. The van der Waals surface area contributed by atoms with Crippen molar-refractivity contribution in [3.8, 4) is 5.75 Å². The number of amides is 1. The third kappa shape index (κ3) is 5.08. The van der Waals surface area contributed by atoms with Gasteiger partial charge in [0.1, 0.15) is 11.3 Å². The minimum absolute atomic E-state index is 0.0199. The average Bonchev–Trinajstić information content (AvgIpc) is 2.75. The van der Waals surface area contributed by atoms with Gasteiger partial charge >= 0.3 is 5.97 Å². The Bertz CT molecular complexity index is 1120. The van der Waals surface area contributed by atoms with Crippen molar-refractivity contribution < 1.29 is 14.3 Å². The molecule has 0 radical (unpaired) electrons. The monoisotopic (exact) mass is 403 g/mol. The fraction of sp³-hybridized carbons (Fsp3) is 0.130. The second kappa shape index (κ2) is 9.47. The number of carbonyl (C=O) groups excluding carboxylic acids is 2. The molecule has 0 aliphatic heterocycles. The molecule has 1 heterocycles. The largest absolute Gasteiger partial charge is 0.423 e. The SMILES string of the molecule is CC(C)n1cccc(C(=O)N/N=C\c2ccc(OC(=O)c3ccccc3)cc2)c1=O. The van der Waals surface area contributed by atoms with Crippen molar-refractivity contribution in [2.75, 3.05) is 0 Å². The lowest BCUT2D eigenvalue weighted by Gasteiger charge is -2.10. The van der Waals surface area contributed by atoms with E-state index in [1.807, 2.05) is 19.9 Å². The van der Waals surface area contributed by atoms with Gasteiger partial charge in [0.2, 0.25) is 0 Å². The second-order valence-electron chi connectivity index (χ2n) is 6.75. The molecule has 7 heteroatoms. The first kappa shape index (κ1) is 20.7. The fourth-order valence-electron chi connectivity index (χ4n) is 2.68. The van der Waals surface area contributed by atoms with E-state index in [1.165, 1.54) is 16.8 Å². The molecule has 0 bridgehead atoms. The molecule has 0 spiro atoms. The summed E-state index contributed by atoms with van der Waals surface area (Å²) in [5.74, 6) is -0.637. The highest BCUT2D eigenvalue weighted by Crippen LogP contribution is 2.13. The van der Waals surface area contributed by atoms with Crippen molar-refractivity contribution in [2.24, 2.45) is 5.10 Å². The number of hydrogen-bond donors (Lipinski definition) is 1. The number of nitrogens with zero attached hydrogens (tertiary/aromatic N) is 2. The highest BCUT2D eigenvalue weighted by Gasteiger charge is 2.12. The summed E-state index contributed by atoms with van der Waals surface area (Å²) in [7, 11) is 0. The van der Waals surface area contributed by atoms with Crippen LogP contribution >= 0.6 is 0 Å². The van der Waals surface area contributed by atoms with Gasteiger partial charge in [0.15, 0.2) is 0 Å². The topological polar surface area (TPSA) is 89.8 Å². The number of ether oxygens (including phenoxy) is 1. The maximum absolute atomic E-state index is 12.3. The zero-order valence-electron chi connectivity index (χ0n) is 16.6. The molecule has 152 valence electrons. The molecule has 2 aromatic carbocycles. The third-order valence-electron chi connectivity index (χ3n) is 4.26. The quantitative estimate of drug-likeness (QED) is 0.296. The summed E-state index contributed by atoms with van der Waals surface area (Å²) in [5, 5.41) is 3.89. The van der Waals surface area contributed by atoms with Crippen LogP contribution in [0.5, 0.6) is 5.75 Å². The van der Waals surface area contributed by atoms with Crippen molar-refractivity contribution >= 4 is 18.1 Å². The number of pyridine rings is 1. The van der Waals surface area contributed by atoms with Crippen LogP contribution in [0.3, 0.4) is 0 Å². The van der Waals surface area contributed by atoms with E-state index < -0.39 is 11.9 Å². The molecule has 0 atom stereocenters. The van der Waals surface area contributed by atoms with E-state index in [-0.39, 0.29) is 17.2 Å². The predicted molar refractivity (Wildman–Crippen MR) is 114 cm³/mol. The second-order valence-corrected chi connectivity index (χ2v) is 6.75. The minimum atomic E-state index is -0.584. The lowest BCUT2D eigenvalue weighted by atomic mass is 10.2. The Balaban J connectivity index is 1.61. The molecular formula is C23H21N3O4. The van der Waals surface area contributed by atoms with Gasteiger partial charge in [-0.2, -0.15) is 5.10 Å². The average molecular weight is 403 g/mol. The van der Waals surface area contributed by atoms with Crippen LogP contribution in [0.25, 0.3) is 0 Å². The van der Waals surface area contributed by atoms with Crippen LogP contribution in [0.15, 0.2) is 82.8 Å². The third-order valence-corrected chi connectivity index (χ3v) is 4.26. The van der Waals surface area contributed by atoms with Gasteiger partial charge in [-0.25, -0.2) is 10.2 Å². The lowest BCUT2D eigenvalue weighted by Crippen LogP contribution is -2.31. The summed E-state index contributed by atoms with van der Waals surface area (Å²) in [6.45, 7) is 3.73. The van der Waals surface area contributed by atoms with E-state index in [9.17, 15) is 14.4 Å². The normalized spacial score (nSPS) is 10.9.